The van der Waals surface area contributed by atoms with Crippen LogP contribution in [0.5, 0.6) is 0 Å². The lowest BCUT2D eigenvalue weighted by atomic mass is 10.0. The van der Waals surface area contributed by atoms with E-state index < -0.39 is 0 Å². The van der Waals surface area contributed by atoms with Crippen LogP contribution in [-0.4, -0.2) is 63.1 Å². The fraction of sp³-hybridized carbons (Fsp3) is 0.556. The first-order chi connectivity index (χ1) is 12.1. The van der Waals surface area contributed by atoms with Crippen LogP contribution in [0.2, 0.25) is 0 Å². The minimum absolute atomic E-state index is 0.0216. The van der Waals surface area contributed by atoms with Crippen molar-refractivity contribution in [3.05, 3.63) is 29.9 Å². The van der Waals surface area contributed by atoms with E-state index >= 15 is 0 Å². The molecule has 0 unspecified atom stereocenters. The Morgan fingerprint density at radius 3 is 2.76 bits per heavy atom. The first-order valence-corrected chi connectivity index (χ1v) is 8.91. The van der Waals surface area contributed by atoms with Gasteiger partial charge in [-0.05, 0) is 45.3 Å². The van der Waals surface area contributed by atoms with E-state index in [1.165, 1.54) is 6.42 Å². The Balaban J connectivity index is 1.65. The van der Waals surface area contributed by atoms with Gasteiger partial charge in [-0.3, -0.25) is 9.78 Å². The van der Waals surface area contributed by atoms with Crippen LogP contribution >= 0.6 is 0 Å². The van der Waals surface area contributed by atoms with E-state index in [1.807, 2.05) is 4.90 Å². The van der Waals surface area contributed by atoms with Crippen LogP contribution in [0.25, 0.3) is 11.4 Å². The van der Waals surface area contributed by atoms with Gasteiger partial charge in [0.25, 0.3) is 5.91 Å². The Kier molecular flexibility index (Phi) is 4.25. The van der Waals surface area contributed by atoms with E-state index in [2.05, 4.69) is 27.1 Å². The van der Waals surface area contributed by atoms with Crippen LogP contribution in [-0.2, 0) is 0 Å². The fourth-order valence-corrected chi connectivity index (χ4v) is 4.19. The summed E-state index contributed by atoms with van der Waals surface area (Å²) in [6.07, 6.45) is 7.77. The molecule has 25 heavy (non-hydrogen) atoms. The summed E-state index contributed by atoms with van der Waals surface area (Å²) in [4.78, 5) is 26.2. The normalized spacial score (nSPS) is 24.2. The van der Waals surface area contributed by atoms with Gasteiger partial charge in [0.05, 0.1) is 5.56 Å². The number of aryl methyl sites for hydroxylation is 1. The zero-order valence-electron chi connectivity index (χ0n) is 14.7. The zero-order chi connectivity index (χ0) is 17.4. The van der Waals surface area contributed by atoms with Crippen LogP contribution in [0.4, 0.5) is 0 Å². The molecule has 7 heteroatoms. The third-order valence-electron chi connectivity index (χ3n) is 5.40. The Bertz CT molecular complexity index is 774. The quantitative estimate of drug-likeness (QED) is 0.851. The van der Waals surface area contributed by atoms with Gasteiger partial charge in [-0.2, -0.15) is 4.98 Å². The summed E-state index contributed by atoms with van der Waals surface area (Å²) in [7, 11) is 2.16. The summed E-state index contributed by atoms with van der Waals surface area (Å²) in [5.41, 5.74) is 1.23. The standard InChI is InChI=1S/C18H23N5O2/c1-12-20-17(21-25-12)13-7-8-19-11-14(13)18(24)23-10-4-6-16(23)15-5-3-9-22(15)2/h7-8,11,15-16H,3-6,9-10H2,1-2H3/t15-,16+/m0/s1. The van der Waals surface area contributed by atoms with Gasteiger partial charge in [-0.1, -0.05) is 5.16 Å². The Labute approximate surface area is 147 Å². The van der Waals surface area contributed by atoms with E-state index in [0.29, 0.717) is 28.9 Å². The maximum Gasteiger partial charge on any atom is 0.256 e. The predicted octanol–water partition coefficient (Wildman–Crippen LogP) is 2.14. The zero-order valence-corrected chi connectivity index (χ0v) is 14.7. The number of rotatable bonds is 3. The van der Waals surface area contributed by atoms with Gasteiger partial charge in [-0.25, -0.2) is 0 Å². The van der Waals surface area contributed by atoms with E-state index in [0.717, 1.165) is 32.4 Å². The van der Waals surface area contributed by atoms with Crippen molar-refractivity contribution in [2.24, 2.45) is 0 Å². The molecule has 2 atom stereocenters. The van der Waals surface area contributed by atoms with Crippen molar-refractivity contribution in [3.8, 4) is 11.4 Å². The molecule has 2 saturated heterocycles. The van der Waals surface area contributed by atoms with Crippen molar-refractivity contribution in [3.63, 3.8) is 0 Å². The van der Waals surface area contributed by atoms with Crippen molar-refractivity contribution in [1.29, 1.82) is 0 Å². The molecule has 0 spiro atoms. The van der Waals surface area contributed by atoms with Crippen LogP contribution < -0.4 is 0 Å². The largest absolute Gasteiger partial charge is 0.339 e. The first kappa shape index (κ1) is 16.2. The minimum atomic E-state index is 0.0216. The van der Waals surface area contributed by atoms with Crippen LogP contribution in [0.3, 0.4) is 0 Å². The average molecular weight is 341 g/mol. The number of nitrogens with zero attached hydrogens (tertiary/aromatic N) is 5. The van der Waals surface area contributed by atoms with E-state index in [1.54, 1.807) is 25.4 Å². The van der Waals surface area contributed by atoms with E-state index in [4.69, 9.17) is 4.52 Å². The van der Waals surface area contributed by atoms with E-state index in [9.17, 15) is 4.79 Å². The number of amides is 1. The summed E-state index contributed by atoms with van der Waals surface area (Å²) in [5, 5.41) is 3.97. The third kappa shape index (κ3) is 2.93. The van der Waals surface area contributed by atoms with Crippen molar-refractivity contribution >= 4 is 5.91 Å². The lowest BCUT2D eigenvalue weighted by Gasteiger charge is -2.33. The predicted molar refractivity (Wildman–Crippen MR) is 92.0 cm³/mol. The maximum absolute atomic E-state index is 13.3. The van der Waals surface area contributed by atoms with Crippen molar-refractivity contribution in [2.45, 2.75) is 44.7 Å². The molecule has 0 aromatic carbocycles. The van der Waals surface area contributed by atoms with Gasteiger partial charge in [0, 0.05) is 43.5 Å². The molecule has 0 radical (unpaired) electrons. The number of aromatic nitrogens is 3. The average Bonchev–Trinajstić information content (AvgIpc) is 3.34. The van der Waals surface area contributed by atoms with Crippen LogP contribution in [0, 0.1) is 6.92 Å². The van der Waals surface area contributed by atoms with Gasteiger partial charge >= 0.3 is 0 Å². The number of likely N-dealkylation sites (tertiary alicyclic amines) is 2. The number of likely N-dealkylation sites (N-methyl/N-ethyl adjacent to an activating group) is 1. The van der Waals surface area contributed by atoms with Gasteiger partial charge in [-0.15, -0.1) is 0 Å². The summed E-state index contributed by atoms with van der Waals surface area (Å²) in [6, 6.07) is 2.52. The Morgan fingerprint density at radius 1 is 1.24 bits per heavy atom. The second-order valence-electron chi connectivity index (χ2n) is 6.96. The highest BCUT2D eigenvalue weighted by Crippen LogP contribution is 2.31. The summed E-state index contributed by atoms with van der Waals surface area (Å²) in [6.45, 7) is 3.66. The molecule has 2 aliphatic rings. The van der Waals surface area contributed by atoms with Crippen molar-refractivity contribution < 1.29 is 9.32 Å². The number of hydrogen-bond donors (Lipinski definition) is 0. The van der Waals surface area contributed by atoms with Gasteiger partial charge < -0.3 is 14.3 Å². The highest BCUT2D eigenvalue weighted by molar-refractivity contribution is 6.00. The monoisotopic (exact) mass is 341 g/mol. The molecule has 0 N–H and O–H groups in total. The molecule has 1 amide bonds. The summed E-state index contributed by atoms with van der Waals surface area (Å²) in [5.74, 6) is 0.946. The molecule has 0 aliphatic carbocycles. The second-order valence-corrected chi connectivity index (χ2v) is 6.96. The highest BCUT2D eigenvalue weighted by atomic mass is 16.5. The molecule has 2 aromatic heterocycles. The van der Waals surface area contributed by atoms with Gasteiger partial charge in [0.15, 0.2) is 0 Å². The van der Waals surface area contributed by atoms with Gasteiger partial charge in [0.1, 0.15) is 0 Å². The number of carbonyl (C=O) groups is 1. The first-order valence-electron chi connectivity index (χ1n) is 8.91. The number of pyridine rings is 1. The molecule has 2 aromatic rings. The van der Waals surface area contributed by atoms with Gasteiger partial charge in [0.2, 0.25) is 11.7 Å². The molecule has 132 valence electrons. The van der Waals surface area contributed by atoms with E-state index in [-0.39, 0.29) is 11.9 Å². The van der Waals surface area contributed by atoms with Crippen molar-refractivity contribution in [2.75, 3.05) is 20.1 Å². The molecule has 0 saturated carbocycles. The smallest absolute Gasteiger partial charge is 0.256 e. The lowest BCUT2D eigenvalue weighted by molar-refractivity contribution is 0.0664. The SMILES string of the molecule is Cc1nc(-c2ccncc2C(=O)N2CCC[C@@H]2[C@@H]2CCCN2C)no1. The summed E-state index contributed by atoms with van der Waals surface area (Å²) >= 11 is 0. The molecule has 2 fully saturated rings. The molecule has 0 bridgehead atoms. The number of carbonyl (C=O) groups excluding carboxylic acids is 1. The Morgan fingerprint density at radius 2 is 2.04 bits per heavy atom. The minimum Gasteiger partial charge on any atom is -0.339 e. The second kappa shape index (κ2) is 6.55. The molecule has 4 heterocycles. The molecule has 2 aliphatic heterocycles. The Hall–Kier alpha value is -2.28. The van der Waals surface area contributed by atoms with Crippen LogP contribution in [0.1, 0.15) is 41.9 Å². The molecule has 4 rings (SSSR count). The lowest BCUT2D eigenvalue weighted by Crippen LogP contribution is -2.47. The molecular formula is C18H23N5O2. The van der Waals surface area contributed by atoms with Crippen LogP contribution in [0.15, 0.2) is 23.0 Å². The molecule has 7 nitrogen and oxygen atoms in total. The fourth-order valence-electron chi connectivity index (χ4n) is 4.19. The highest BCUT2D eigenvalue weighted by Gasteiger charge is 2.39. The maximum atomic E-state index is 13.3. The third-order valence-corrected chi connectivity index (χ3v) is 5.40. The summed E-state index contributed by atoms with van der Waals surface area (Å²) < 4.78 is 5.08. The molecular weight excluding hydrogens is 318 g/mol. The number of hydrogen-bond acceptors (Lipinski definition) is 6. The van der Waals surface area contributed by atoms with Crippen molar-refractivity contribution in [1.82, 2.24) is 24.9 Å². The topological polar surface area (TPSA) is 75.4 Å².